The number of phenolic OH excluding ortho intramolecular Hbond substituents is 3. The maximum atomic E-state index is 10.9. The number of allylic oxidation sites excluding steroid dienone is 7. The molecule has 6 heteroatoms. The summed E-state index contributed by atoms with van der Waals surface area (Å²) in [5, 5.41) is 60.8. The van der Waals surface area contributed by atoms with E-state index in [9.17, 15) is 30.6 Å². The fourth-order valence-electron chi connectivity index (χ4n) is 4.78. The van der Waals surface area contributed by atoms with Crippen LogP contribution in [0.4, 0.5) is 0 Å². The first-order valence-corrected chi connectivity index (χ1v) is 11.2. The van der Waals surface area contributed by atoms with Gasteiger partial charge in [-0.05, 0) is 65.5 Å². The van der Waals surface area contributed by atoms with Crippen LogP contribution in [-0.4, -0.2) is 36.7 Å². The lowest BCUT2D eigenvalue weighted by Crippen LogP contribution is -2.14. The molecule has 2 aromatic carbocycles. The average molecular weight is 473 g/mol. The van der Waals surface area contributed by atoms with E-state index in [1.807, 2.05) is 18.2 Å². The monoisotopic (exact) mass is 472 g/mol. The van der Waals surface area contributed by atoms with Gasteiger partial charge in [-0.25, -0.2) is 0 Å². The van der Waals surface area contributed by atoms with Gasteiger partial charge < -0.3 is 30.6 Å². The van der Waals surface area contributed by atoms with Crippen molar-refractivity contribution >= 4 is 11.6 Å². The molecule has 0 radical (unpaired) electrons. The van der Waals surface area contributed by atoms with E-state index in [2.05, 4.69) is 6.58 Å². The number of hydrogen-bond donors (Lipinski definition) is 6. The summed E-state index contributed by atoms with van der Waals surface area (Å²) < 4.78 is 0. The average Bonchev–Trinajstić information content (AvgIpc) is 3.09. The number of hydrogen-bond acceptors (Lipinski definition) is 6. The van der Waals surface area contributed by atoms with Crippen molar-refractivity contribution in [2.75, 3.05) is 0 Å². The molecule has 0 heterocycles. The van der Waals surface area contributed by atoms with Gasteiger partial charge in [0, 0.05) is 29.5 Å². The van der Waals surface area contributed by atoms with Crippen LogP contribution in [0.2, 0.25) is 0 Å². The third-order valence-corrected chi connectivity index (χ3v) is 6.20. The normalized spacial score (nSPS) is 23.3. The molecule has 2 aliphatic rings. The Hall–Kier alpha value is -4.16. The highest BCUT2D eigenvalue weighted by atomic mass is 16.3. The summed E-state index contributed by atoms with van der Waals surface area (Å²) in [6.45, 7) is 5.66. The quantitative estimate of drug-likeness (QED) is 0.243. The number of aliphatic hydroxyl groups excluding tert-OH is 3. The van der Waals surface area contributed by atoms with Crippen LogP contribution in [0, 0.1) is 5.92 Å². The summed E-state index contributed by atoms with van der Waals surface area (Å²) in [6, 6.07) is 9.51. The molecule has 0 fully saturated rings. The number of aromatic hydroxyl groups is 3. The number of rotatable bonds is 5. The molecule has 35 heavy (non-hydrogen) atoms. The van der Waals surface area contributed by atoms with Crippen molar-refractivity contribution < 1.29 is 30.6 Å². The Morgan fingerprint density at radius 2 is 1.71 bits per heavy atom. The van der Waals surface area contributed by atoms with Crippen LogP contribution in [0.3, 0.4) is 0 Å². The topological polar surface area (TPSA) is 121 Å². The summed E-state index contributed by atoms with van der Waals surface area (Å²) in [4.78, 5) is 0. The van der Waals surface area contributed by atoms with Crippen molar-refractivity contribution in [1.29, 1.82) is 0 Å². The van der Waals surface area contributed by atoms with Gasteiger partial charge in [0.2, 0.25) is 0 Å². The van der Waals surface area contributed by atoms with Gasteiger partial charge in [0.25, 0.3) is 0 Å². The Kier molecular flexibility index (Phi) is 6.58. The molecule has 6 nitrogen and oxygen atoms in total. The molecular weight excluding hydrogens is 444 g/mol. The molecule has 0 saturated heterocycles. The molecule has 180 valence electrons. The summed E-state index contributed by atoms with van der Waals surface area (Å²) in [5.41, 5.74) is 4.15. The van der Waals surface area contributed by atoms with Crippen molar-refractivity contribution in [2.45, 2.75) is 25.4 Å². The molecule has 0 bridgehead atoms. The Morgan fingerprint density at radius 3 is 2.34 bits per heavy atom. The van der Waals surface area contributed by atoms with Crippen LogP contribution in [0.1, 0.15) is 36.0 Å². The number of fused-ring (bicyclic) bond motifs is 1. The van der Waals surface area contributed by atoms with E-state index in [-0.39, 0.29) is 28.8 Å². The van der Waals surface area contributed by atoms with Gasteiger partial charge in [-0.15, -0.1) is 0 Å². The third-order valence-electron chi connectivity index (χ3n) is 6.20. The Balaban J connectivity index is 1.95. The minimum atomic E-state index is -0.594. The Labute approximate surface area is 203 Å². The second kappa shape index (κ2) is 9.60. The van der Waals surface area contributed by atoms with E-state index in [1.54, 1.807) is 36.4 Å². The van der Waals surface area contributed by atoms with E-state index in [0.29, 0.717) is 23.1 Å². The number of phenols is 3. The lowest BCUT2D eigenvalue weighted by atomic mass is 9.77. The van der Waals surface area contributed by atoms with Crippen LogP contribution < -0.4 is 0 Å². The van der Waals surface area contributed by atoms with Crippen LogP contribution in [0.5, 0.6) is 17.2 Å². The Morgan fingerprint density at radius 1 is 1.00 bits per heavy atom. The third kappa shape index (κ3) is 5.03. The summed E-state index contributed by atoms with van der Waals surface area (Å²) in [7, 11) is 0. The first-order chi connectivity index (χ1) is 16.6. The van der Waals surface area contributed by atoms with Gasteiger partial charge in [-0.1, -0.05) is 43.0 Å². The number of aliphatic hydroxyl groups is 3. The molecule has 3 atom stereocenters. The molecule has 2 aliphatic carbocycles. The lowest BCUT2D eigenvalue weighted by Gasteiger charge is -2.26. The van der Waals surface area contributed by atoms with Crippen LogP contribution >= 0.6 is 0 Å². The molecular formula is C29H28O6. The second-order valence-corrected chi connectivity index (χ2v) is 8.87. The minimum Gasteiger partial charge on any atom is -0.512 e. The fraction of sp³-hybridized carbons (Fsp3) is 0.172. The first-order valence-electron chi connectivity index (χ1n) is 11.2. The standard InChI is InChI=1S/C29H28O6/c1-16(11-22(33)12-17(2)30)27-24(13-18-3-7-20(31)8-4-18)25-14-23(34)15-26(35)29(25)28(27)19-5-9-21(32)10-6-19/h3-9,11-15,21,27-28,30-35H,1,10H2,2H3/b17-12+,22-11+,24-13-/t21?,27-,28+/m1/s1. The van der Waals surface area contributed by atoms with Crippen LogP contribution in [0.15, 0.2) is 96.0 Å². The van der Waals surface area contributed by atoms with Gasteiger partial charge in [-0.3, -0.25) is 0 Å². The van der Waals surface area contributed by atoms with Gasteiger partial charge in [-0.2, -0.15) is 0 Å². The molecule has 0 amide bonds. The molecule has 0 aliphatic heterocycles. The maximum absolute atomic E-state index is 10.9. The smallest absolute Gasteiger partial charge is 0.123 e. The van der Waals surface area contributed by atoms with E-state index in [0.717, 1.165) is 16.7 Å². The summed E-state index contributed by atoms with van der Waals surface area (Å²) in [5.74, 6) is -1.14. The van der Waals surface area contributed by atoms with E-state index >= 15 is 0 Å². The predicted molar refractivity (Wildman–Crippen MR) is 136 cm³/mol. The highest BCUT2D eigenvalue weighted by molar-refractivity contribution is 5.92. The van der Waals surface area contributed by atoms with E-state index in [1.165, 1.54) is 25.1 Å². The largest absolute Gasteiger partial charge is 0.512 e. The van der Waals surface area contributed by atoms with Crippen LogP contribution in [-0.2, 0) is 0 Å². The highest BCUT2D eigenvalue weighted by Crippen LogP contribution is 2.57. The molecule has 4 rings (SSSR count). The molecule has 0 aromatic heterocycles. The SMILES string of the molecule is C=C(/C=C(O)\C=C(/C)O)[C@@H]1/C(=C\c2ccc(O)cc2)c2cc(O)cc(O)c2[C@H]1C1=CCC(O)C=C1. The lowest BCUT2D eigenvalue weighted by molar-refractivity contribution is 0.225. The zero-order chi connectivity index (χ0) is 25.3. The highest BCUT2D eigenvalue weighted by Gasteiger charge is 2.41. The van der Waals surface area contributed by atoms with Gasteiger partial charge in [0.15, 0.2) is 0 Å². The minimum absolute atomic E-state index is 0.0628. The van der Waals surface area contributed by atoms with E-state index in [4.69, 9.17) is 0 Å². The number of benzene rings is 2. The Bertz CT molecular complexity index is 1300. The van der Waals surface area contributed by atoms with Crippen molar-refractivity contribution in [3.05, 3.63) is 113 Å². The zero-order valence-corrected chi connectivity index (χ0v) is 19.3. The molecule has 2 aromatic rings. The van der Waals surface area contributed by atoms with Crippen molar-refractivity contribution in [1.82, 2.24) is 0 Å². The van der Waals surface area contributed by atoms with Gasteiger partial charge >= 0.3 is 0 Å². The first kappa shape index (κ1) is 24.0. The maximum Gasteiger partial charge on any atom is 0.123 e. The molecule has 0 spiro atoms. The van der Waals surface area contributed by atoms with Crippen molar-refractivity contribution in [2.24, 2.45) is 5.92 Å². The van der Waals surface area contributed by atoms with Crippen LogP contribution in [0.25, 0.3) is 11.6 Å². The van der Waals surface area contributed by atoms with E-state index < -0.39 is 17.9 Å². The van der Waals surface area contributed by atoms with Crippen molar-refractivity contribution in [3.63, 3.8) is 0 Å². The second-order valence-electron chi connectivity index (χ2n) is 8.87. The summed E-state index contributed by atoms with van der Waals surface area (Å²) in [6.07, 6.45) is 9.82. The van der Waals surface area contributed by atoms with Gasteiger partial charge in [0.05, 0.1) is 11.9 Å². The molecule has 6 N–H and O–H groups in total. The predicted octanol–water partition coefficient (Wildman–Crippen LogP) is 5.76. The zero-order valence-electron chi connectivity index (χ0n) is 19.3. The molecule has 0 saturated carbocycles. The van der Waals surface area contributed by atoms with Gasteiger partial charge in [0.1, 0.15) is 23.0 Å². The fourth-order valence-corrected chi connectivity index (χ4v) is 4.78. The molecule has 1 unspecified atom stereocenters. The van der Waals surface area contributed by atoms with Crippen molar-refractivity contribution in [3.8, 4) is 17.2 Å². The summed E-state index contributed by atoms with van der Waals surface area (Å²) >= 11 is 0.